The van der Waals surface area contributed by atoms with Gasteiger partial charge in [-0.25, -0.2) is 8.42 Å². The Hall–Kier alpha value is -3.52. The quantitative estimate of drug-likeness (QED) is 0.474. The number of hydrogen-bond donors (Lipinski definition) is 1. The number of amides is 1. The summed E-state index contributed by atoms with van der Waals surface area (Å²) in [7, 11) is -0.650. The highest BCUT2D eigenvalue weighted by atomic mass is 32.2. The molecule has 180 valence electrons. The van der Waals surface area contributed by atoms with Gasteiger partial charge in [0.05, 0.1) is 24.8 Å². The molecule has 1 N–H and O–H groups in total. The number of carbonyl (C=O) groups excluding carboxylic acids is 1. The van der Waals surface area contributed by atoms with Crippen molar-refractivity contribution in [1.29, 1.82) is 0 Å². The van der Waals surface area contributed by atoms with E-state index >= 15 is 0 Å². The Morgan fingerprint density at radius 1 is 0.941 bits per heavy atom. The van der Waals surface area contributed by atoms with Crippen molar-refractivity contribution in [2.75, 3.05) is 25.5 Å². The third kappa shape index (κ3) is 5.51. The molecule has 0 saturated heterocycles. The molecule has 0 aromatic heterocycles. The van der Waals surface area contributed by atoms with Crippen LogP contribution in [-0.2, 0) is 16.6 Å². The van der Waals surface area contributed by atoms with Crippen LogP contribution in [0.15, 0.2) is 65.6 Å². The molecule has 34 heavy (non-hydrogen) atoms. The first-order chi connectivity index (χ1) is 16.2. The number of rotatable bonds is 9. The summed E-state index contributed by atoms with van der Waals surface area (Å²) in [5, 5.41) is 0. The molecule has 0 atom stereocenters. The smallest absolute Gasteiger partial charge is 0.261 e. The molecule has 0 radical (unpaired) electrons. The van der Waals surface area contributed by atoms with E-state index in [1.165, 1.54) is 24.3 Å². The summed E-state index contributed by atoms with van der Waals surface area (Å²) < 4.78 is 39.0. The minimum absolute atomic E-state index is 0.0906. The molecule has 7 nitrogen and oxygen atoms in total. The maximum absolute atomic E-state index is 13.1. The monoisotopic (exact) mass is 482 g/mol. The van der Waals surface area contributed by atoms with Crippen molar-refractivity contribution in [3.63, 3.8) is 0 Å². The van der Waals surface area contributed by atoms with Gasteiger partial charge in [0.2, 0.25) is 0 Å². The average Bonchev–Trinajstić information content (AvgIpc) is 2.84. The molecular formula is C26H30N2O5S. The number of aryl methyl sites for hydroxylation is 1. The van der Waals surface area contributed by atoms with Crippen LogP contribution >= 0.6 is 0 Å². The van der Waals surface area contributed by atoms with E-state index < -0.39 is 10.0 Å². The first-order valence-electron chi connectivity index (χ1n) is 10.9. The number of nitrogens with zero attached hydrogens (tertiary/aromatic N) is 1. The van der Waals surface area contributed by atoms with Crippen LogP contribution in [-0.4, -0.2) is 40.0 Å². The Labute approximate surface area is 201 Å². The van der Waals surface area contributed by atoms with Crippen LogP contribution in [0.1, 0.15) is 34.0 Å². The Morgan fingerprint density at radius 2 is 1.62 bits per heavy atom. The highest BCUT2D eigenvalue weighted by molar-refractivity contribution is 7.92. The normalized spacial score (nSPS) is 11.1. The molecule has 3 aromatic rings. The zero-order valence-corrected chi connectivity index (χ0v) is 20.9. The molecule has 0 bridgehead atoms. The van der Waals surface area contributed by atoms with Gasteiger partial charge in [0, 0.05) is 18.7 Å². The summed E-state index contributed by atoms with van der Waals surface area (Å²) in [6.07, 6.45) is 0. The van der Waals surface area contributed by atoms with Crippen molar-refractivity contribution in [2.24, 2.45) is 0 Å². The van der Waals surface area contributed by atoms with E-state index in [9.17, 15) is 13.2 Å². The Bertz CT molecular complexity index is 1270. The van der Waals surface area contributed by atoms with Crippen molar-refractivity contribution in [1.82, 2.24) is 4.90 Å². The number of benzene rings is 3. The second kappa shape index (κ2) is 10.6. The van der Waals surface area contributed by atoms with Crippen molar-refractivity contribution in [3.8, 4) is 11.5 Å². The van der Waals surface area contributed by atoms with E-state index in [4.69, 9.17) is 9.47 Å². The standard InChI is InChI=1S/C26H30N2O5S/c1-6-28(17-20-10-15-24(32-4)25(16-20)33-5)26(29)21-11-13-22(14-12-21)34(30,31)27-23-9-7-8-18(2)19(23)3/h7-16,27H,6,17H2,1-5H3. The van der Waals surface area contributed by atoms with Gasteiger partial charge in [0.1, 0.15) is 0 Å². The van der Waals surface area contributed by atoms with Crippen LogP contribution in [0.5, 0.6) is 11.5 Å². The number of nitrogens with one attached hydrogen (secondary N) is 1. The first kappa shape index (κ1) is 25.1. The summed E-state index contributed by atoms with van der Waals surface area (Å²) in [5.41, 5.74) is 3.70. The zero-order valence-electron chi connectivity index (χ0n) is 20.1. The molecule has 0 spiro atoms. The van der Waals surface area contributed by atoms with Gasteiger partial charge in [-0.3, -0.25) is 9.52 Å². The maximum atomic E-state index is 13.1. The van der Waals surface area contributed by atoms with Crippen LogP contribution < -0.4 is 14.2 Å². The van der Waals surface area contributed by atoms with Gasteiger partial charge in [-0.15, -0.1) is 0 Å². The number of anilines is 1. The van der Waals surface area contributed by atoms with Gasteiger partial charge in [0.15, 0.2) is 11.5 Å². The molecule has 0 aliphatic rings. The van der Waals surface area contributed by atoms with Crippen LogP contribution in [0.4, 0.5) is 5.69 Å². The van der Waals surface area contributed by atoms with E-state index in [1.54, 1.807) is 37.3 Å². The van der Waals surface area contributed by atoms with Crippen molar-refractivity contribution in [2.45, 2.75) is 32.2 Å². The second-order valence-corrected chi connectivity index (χ2v) is 9.57. The molecule has 3 rings (SSSR count). The molecule has 1 amide bonds. The lowest BCUT2D eigenvalue weighted by atomic mass is 10.1. The van der Waals surface area contributed by atoms with Crippen LogP contribution in [0.25, 0.3) is 0 Å². The predicted molar refractivity (Wildman–Crippen MR) is 133 cm³/mol. The minimum atomic E-state index is -3.78. The van der Waals surface area contributed by atoms with Crippen molar-refractivity contribution in [3.05, 3.63) is 82.9 Å². The minimum Gasteiger partial charge on any atom is -0.493 e. The van der Waals surface area contributed by atoms with Crippen LogP contribution in [0.3, 0.4) is 0 Å². The Kier molecular flexibility index (Phi) is 7.83. The molecule has 0 unspecified atom stereocenters. The summed E-state index contributed by atoms with van der Waals surface area (Å²) >= 11 is 0. The Balaban J connectivity index is 1.77. The third-order valence-corrected chi connectivity index (χ3v) is 7.13. The summed E-state index contributed by atoms with van der Waals surface area (Å²) in [6.45, 7) is 6.55. The van der Waals surface area contributed by atoms with E-state index in [0.29, 0.717) is 35.8 Å². The fourth-order valence-electron chi connectivity index (χ4n) is 3.55. The largest absolute Gasteiger partial charge is 0.493 e. The van der Waals surface area contributed by atoms with E-state index in [1.807, 2.05) is 39.0 Å². The predicted octanol–water partition coefficient (Wildman–Crippen LogP) is 4.78. The molecule has 3 aromatic carbocycles. The number of ether oxygens (including phenoxy) is 2. The zero-order chi connectivity index (χ0) is 24.9. The lowest BCUT2D eigenvalue weighted by Crippen LogP contribution is -2.30. The average molecular weight is 483 g/mol. The lowest BCUT2D eigenvalue weighted by molar-refractivity contribution is 0.0752. The fraction of sp³-hybridized carbons (Fsp3) is 0.269. The molecule has 0 saturated carbocycles. The first-order valence-corrected chi connectivity index (χ1v) is 12.4. The van der Waals surface area contributed by atoms with Gasteiger partial charge in [-0.2, -0.15) is 0 Å². The molecule has 0 aliphatic carbocycles. The Morgan fingerprint density at radius 3 is 2.24 bits per heavy atom. The van der Waals surface area contributed by atoms with Gasteiger partial charge >= 0.3 is 0 Å². The number of carbonyl (C=O) groups is 1. The second-order valence-electron chi connectivity index (χ2n) is 7.89. The lowest BCUT2D eigenvalue weighted by Gasteiger charge is -2.22. The highest BCUT2D eigenvalue weighted by Gasteiger charge is 2.19. The third-order valence-electron chi connectivity index (χ3n) is 5.75. The summed E-state index contributed by atoms with van der Waals surface area (Å²) in [4.78, 5) is 14.9. The molecular weight excluding hydrogens is 452 g/mol. The summed E-state index contributed by atoms with van der Waals surface area (Å²) in [5.74, 6) is 1.02. The molecule has 0 aliphatic heterocycles. The van der Waals surface area contributed by atoms with Crippen LogP contribution in [0, 0.1) is 13.8 Å². The van der Waals surface area contributed by atoms with Gasteiger partial charge in [0.25, 0.3) is 15.9 Å². The van der Waals surface area contributed by atoms with Crippen LogP contribution in [0.2, 0.25) is 0 Å². The van der Waals surface area contributed by atoms with E-state index in [2.05, 4.69) is 4.72 Å². The number of sulfonamides is 1. The maximum Gasteiger partial charge on any atom is 0.261 e. The van der Waals surface area contributed by atoms with E-state index in [0.717, 1.165) is 16.7 Å². The summed E-state index contributed by atoms with van der Waals surface area (Å²) in [6, 6.07) is 17.0. The molecule has 0 heterocycles. The fourth-order valence-corrected chi connectivity index (χ4v) is 4.67. The topological polar surface area (TPSA) is 84.9 Å². The number of methoxy groups -OCH3 is 2. The van der Waals surface area contributed by atoms with Crippen molar-refractivity contribution < 1.29 is 22.7 Å². The van der Waals surface area contributed by atoms with Gasteiger partial charge in [-0.1, -0.05) is 18.2 Å². The van der Waals surface area contributed by atoms with Gasteiger partial charge in [-0.05, 0) is 79.9 Å². The molecule has 0 fully saturated rings. The highest BCUT2D eigenvalue weighted by Crippen LogP contribution is 2.28. The SMILES string of the molecule is CCN(Cc1ccc(OC)c(OC)c1)C(=O)c1ccc(S(=O)(=O)Nc2cccc(C)c2C)cc1. The number of hydrogen-bond acceptors (Lipinski definition) is 5. The van der Waals surface area contributed by atoms with Gasteiger partial charge < -0.3 is 14.4 Å². The molecule has 8 heteroatoms. The van der Waals surface area contributed by atoms with Crippen molar-refractivity contribution >= 4 is 21.6 Å². The van der Waals surface area contributed by atoms with E-state index in [-0.39, 0.29) is 10.8 Å².